The molecule has 1 amide bonds. The number of carbonyl (C=O) groups excluding carboxylic acids is 1. The monoisotopic (exact) mass is 390 g/mol. The Labute approximate surface area is 168 Å². The molecule has 0 saturated heterocycles. The molecule has 0 aliphatic carbocycles. The van der Waals surface area contributed by atoms with Crippen molar-refractivity contribution in [2.75, 3.05) is 0 Å². The van der Waals surface area contributed by atoms with Gasteiger partial charge in [0.15, 0.2) is 5.76 Å². The molecular formula is C23H19ClN2O2. The molecule has 1 aliphatic rings. The normalized spacial score (nSPS) is 16.7. The molecule has 0 unspecified atom stereocenters. The largest absolute Gasteiger partial charge is 0.503 e. The second-order valence-electron chi connectivity index (χ2n) is 6.84. The Morgan fingerprint density at radius 3 is 2.54 bits per heavy atom. The summed E-state index contributed by atoms with van der Waals surface area (Å²) in [5, 5.41) is 11.3. The van der Waals surface area contributed by atoms with Crippen molar-refractivity contribution in [3.05, 3.63) is 106 Å². The van der Waals surface area contributed by atoms with Crippen molar-refractivity contribution in [3.63, 3.8) is 0 Å². The van der Waals surface area contributed by atoms with Crippen molar-refractivity contribution in [3.8, 4) is 0 Å². The Balaban J connectivity index is 1.83. The smallest absolute Gasteiger partial charge is 0.290 e. The van der Waals surface area contributed by atoms with E-state index < -0.39 is 11.9 Å². The topological polar surface area (TPSA) is 53.4 Å². The van der Waals surface area contributed by atoms with Crippen molar-refractivity contribution in [1.29, 1.82) is 0 Å². The van der Waals surface area contributed by atoms with E-state index in [1.54, 1.807) is 17.2 Å². The first-order valence-corrected chi connectivity index (χ1v) is 9.39. The van der Waals surface area contributed by atoms with Gasteiger partial charge in [-0.1, -0.05) is 59.6 Å². The van der Waals surface area contributed by atoms with Crippen LogP contribution in [0.5, 0.6) is 0 Å². The third-order valence-electron chi connectivity index (χ3n) is 4.89. The molecule has 28 heavy (non-hydrogen) atoms. The molecule has 0 spiro atoms. The number of halogens is 1. The van der Waals surface area contributed by atoms with E-state index in [4.69, 9.17) is 11.6 Å². The highest BCUT2D eigenvalue weighted by Crippen LogP contribution is 2.44. The lowest BCUT2D eigenvalue weighted by atomic mass is 9.93. The maximum absolute atomic E-state index is 13.0. The first-order valence-electron chi connectivity index (χ1n) is 9.01. The summed E-state index contributed by atoms with van der Waals surface area (Å²) in [4.78, 5) is 19.0. The molecule has 0 saturated carbocycles. The minimum absolute atomic E-state index is 0.232. The summed E-state index contributed by atoms with van der Waals surface area (Å²) in [6.07, 6.45) is 1.69. The van der Waals surface area contributed by atoms with Gasteiger partial charge in [0, 0.05) is 16.8 Å². The molecule has 1 atom stereocenters. The maximum Gasteiger partial charge on any atom is 0.290 e. The van der Waals surface area contributed by atoms with Crippen LogP contribution in [0, 0.1) is 6.92 Å². The van der Waals surface area contributed by atoms with Gasteiger partial charge < -0.3 is 10.0 Å². The number of amides is 1. The summed E-state index contributed by atoms with van der Waals surface area (Å²) >= 11 is 6.22. The molecule has 2 aromatic carbocycles. The van der Waals surface area contributed by atoms with Crippen molar-refractivity contribution >= 4 is 23.1 Å². The second-order valence-corrected chi connectivity index (χ2v) is 7.28. The quantitative estimate of drug-likeness (QED) is 0.674. The number of hydrogen-bond acceptors (Lipinski definition) is 3. The average Bonchev–Trinajstić information content (AvgIpc) is 2.94. The van der Waals surface area contributed by atoms with Gasteiger partial charge in [0.1, 0.15) is 0 Å². The Hall–Kier alpha value is -3.11. The van der Waals surface area contributed by atoms with Crippen LogP contribution in [0.15, 0.2) is 78.7 Å². The molecule has 0 bridgehead atoms. The number of carbonyl (C=O) groups is 1. The zero-order chi connectivity index (χ0) is 19.7. The number of nitrogens with zero attached hydrogens (tertiary/aromatic N) is 2. The van der Waals surface area contributed by atoms with Crippen LogP contribution in [-0.2, 0) is 11.3 Å². The van der Waals surface area contributed by atoms with Gasteiger partial charge in [0.2, 0.25) is 0 Å². The lowest BCUT2D eigenvalue weighted by molar-refractivity contribution is -0.130. The van der Waals surface area contributed by atoms with Gasteiger partial charge in [0.05, 0.1) is 18.3 Å². The Bertz CT molecular complexity index is 1050. The summed E-state index contributed by atoms with van der Waals surface area (Å²) in [6.45, 7) is 2.29. The predicted molar refractivity (Wildman–Crippen MR) is 110 cm³/mol. The highest BCUT2D eigenvalue weighted by Gasteiger charge is 2.41. The zero-order valence-corrected chi connectivity index (χ0v) is 16.1. The van der Waals surface area contributed by atoms with Crippen molar-refractivity contribution < 1.29 is 9.90 Å². The van der Waals surface area contributed by atoms with Gasteiger partial charge in [-0.3, -0.25) is 9.78 Å². The fourth-order valence-corrected chi connectivity index (χ4v) is 3.73. The third-order valence-corrected chi connectivity index (χ3v) is 5.12. The van der Waals surface area contributed by atoms with E-state index in [9.17, 15) is 9.90 Å². The van der Waals surface area contributed by atoms with Crippen LogP contribution in [-0.4, -0.2) is 20.9 Å². The lowest BCUT2D eigenvalue weighted by Gasteiger charge is -2.27. The Morgan fingerprint density at radius 2 is 1.86 bits per heavy atom. The molecule has 4 rings (SSSR count). The fraction of sp³-hybridized carbons (Fsp3) is 0.130. The van der Waals surface area contributed by atoms with Gasteiger partial charge >= 0.3 is 0 Å². The van der Waals surface area contributed by atoms with Gasteiger partial charge in [-0.25, -0.2) is 0 Å². The number of aliphatic hydroxyl groups is 1. The number of pyridine rings is 1. The number of hydrogen-bond donors (Lipinski definition) is 1. The van der Waals surface area contributed by atoms with E-state index in [-0.39, 0.29) is 12.3 Å². The van der Waals surface area contributed by atoms with Crippen LogP contribution in [0.4, 0.5) is 0 Å². The zero-order valence-electron chi connectivity index (χ0n) is 15.3. The van der Waals surface area contributed by atoms with E-state index in [2.05, 4.69) is 4.98 Å². The summed E-state index contributed by atoms with van der Waals surface area (Å²) in [5.74, 6) is -0.643. The van der Waals surface area contributed by atoms with E-state index in [1.165, 1.54) is 0 Å². The maximum atomic E-state index is 13.0. The van der Waals surface area contributed by atoms with Gasteiger partial charge in [-0.15, -0.1) is 0 Å². The molecule has 1 aromatic heterocycles. The second kappa shape index (κ2) is 7.49. The van der Waals surface area contributed by atoms with Crippen LogP contribution >= 0.6 is 11.6 Å². The predicted octanol–water partition coefficient (Wildman–Crippen LogP) is 5.10. The Morgan fingerprint density at radius 1 is 1.07 bits per heavy atom. The van der Waals surface area contributed by atoms with E-state index in [0.29, 0.717) is 10.6 Å². The number of benzene rings is 2. The number of aliphatic hydroxyl groups excluding tert-OH is 1. The molecule has 1 N–H and O–H groups in total. The first-order chi connectivity index (χ1) is 13.5. The third kappa shape index (κ3) is 3.39. The molecule has 0 radical (unpaired) electrons. The molecule has 140 valence electrons. The number of aryl methyl sites for hydroxylation is 1. The van der Waals surface area contributed by atoms with Crippen LogP contribution in [0.2, 0.25) is 5.02 Å². The molecule has 1 aliphatic heterocycles. The molecule has 2 heterocycles. The molecule has 4 nitrogen and oxygen atoms in total. The highest BCUT2D eigenvalue weighted by atomic mass is 35.5. The lowest BCUT2D eigenvalue weighted by Crippen LogP contribution is -2.30. The van der Waals surface area contributed by atoms with E-state index >= 15 is 0 Å². The minimum atomic E-state index is -0.448. The fourth-order valence-electron chi connectivity index (χ4n) is 3.53. The molecule has 3 aromatic rings. The van der Waals surface area contributed by atoms with Crippen molar-refractivity contribution in [1.82, 2.24) is 9.88 Å². The minimum Gasteiger partial charge on any atom is -0.503 e. The van der Waals surface area contributed by atoms with Gasteiger partial charge in [-0.05, 0) is 42.3 Å². The summed E-state index contributed by atoms with van der Waals surface area (Å²) < 4.78 is 0. The molecule has 5 heteroatoms. The summed E-state index contributed by atoms with van der Waals surface area (Å²) in [6, 6.07) is 20.3. The summed E-state index contributed by atoms with van der Waals surface area (Å²) in [7, 11) is 0. The number of rotatable bonds is 4. The molecular weight excluding hydrogens is 372 g/mol. The van der Waals surface area contributed by atoms with Crippen LogP contribution in [0.25, 0.3) is 5.57 Å². The van der Waals surface area contributed by atoms with Gasteiger partial charge in [-0.2, -0.15) is 0 Å². The molecule has 0 fully saturated rings. The average molecular weight is 391 g/mol. The van der Waals surface area contributed by atoms with Crippen LogP contribution in [0.3, 0.4) is 0 Å². The van der Waals surface area contributed by atoms with Gasteiger partial charge in [0.25, 0.3) is 5.91 Å². The van der Waals surface area contributed by atoms with E-state index in [1.807, 2.05) is 67.6 Å². The van der Waals surface area contributed by atoms with Crippen molar-refractivity contribution in [2.45, 2.75) is 19.5 Å². The van der Waals surface area contributed by atoms with Crippen molar-refractivity contribution in [2.24, 2.45) is 0 Å². The van der Waals surface area contributed by atoms with E-state index in [0.717, 1.165) is 22.4 Å². The standard InChI is InChI=1S/C23H19ClN2O2/c1-15-8-10-16(11-9-15)20-21(17-5-4-6-18(24)13-17)26(23(28)22(20)27)14-19-7-2-3-12-25-19/h2-13,21,27H,14H2,1H3/t21-/m1/s1. The number of aromatic nitrogens is 1. The Kier molecular flexibility index (Phi) is 4.88. The highest BCUT2D eigenvalue weighted by molar-refractivity contribution is 6.30. The van der Waals surface area contributed by atoms with Crippen LogP contribution < -0.4 is 0 Å². The van der Waals surface area contributed by atoms with Crippen LogP contribution in [0.1, 0.15) is 28.4 Å². The SMILES string of the molecule is Cc1ccc(C2=C(O)C(=O)N(Cc3ccccn3)[C@@H]2c2cccc(Cl)c2)cc1. The first kappa shape index (κ1) is 18.3. The summed E-state index contributed by atoms with van der Waals surface area (Å²) in [5.41, 5.74) is 4.10.